The second-order valence-corrected chi connectivity index (χ2v) is 13.5. The molecule has 0 heterocycles. The Labute approximate surface area is 258 Å². The molecule has 1 aliphatic carbocycles. The minimum absolute atomic E-state index is 0.0417. The van der Waals surface area contributed by atoms with Gasteiger partial charge in [-0.25, -0.2) is 8.42 Å². The van der Waals surface area contributed by atoms with Crippen molar-refractivity contribution in [3.8, 4) is 0 Å². The molecule has 0 spiro atoms. The Morgan fingerprint density at radius 1 is 0.905 bits per heavy atom. The summed E-state index contributed by atoms with van der Waals surface area (Å²) in [4.78, 5) is 29.1. The molecule has 0 aliphatic heterocycles. The van der Waals surface area contributed by atoms with E-state index < -0.39 is 28.5 Å². The highest BCUT2D eigenvalue weighted by Gasteiger charge is 2.34. The number of hydrogen-bond acceptors (Lipinski definition) is 4. The van der Waals surface area contributed by atoms with Crippen molar-refractivity contribution in [2.45, 2.75) is 76.4 Å². The van der Waals surface area contributed by atoms with Crippen LogP contribution in [0.1, 0.15) is 55.7 Å². The van der Waals surface area contributed by atoms with Crippen LogP contribution < -0.4 is 9.62 Å². The van der Waals surface area contributed by atoms with Crippen LogP contribution in [0.2, 0.25) is 10.0 Å². The summed E-state index contributed by atoms with van der Waals surface area (Å²) in [7, 11) is -4.14. The third-order valence-corrected chi connectivity index (χ3v) is 10.4. The molecular formula is C32H37Cl2N3O4S. The highest BCUT2D eigenvalue weighted by Crippen LogP contribution is 2.29. The predicted octanol–water partition coefficient (Wildman–Crippen LogP) is 6.67. The van der Waals surface area contributed by atoms with Crippen LogP contribution in [0.25, 0.3) is 0 Å². The van der Waals surface area contributed by atoms with Crippen molar-refractivity contribution in [1.82, 2.24) is 10.2 Å². The highest BCUT2D eigenvalue weighted by atomic mass is 35.5. The number of carbonyl (C=O) groups excluding carboxylic acids is 2. The van der Waals surface area contributed by atoms with Gasteiger partial charge in [-0.2, -0.15) is 0 Å². The zero-order valence-corrected chi connectivity index (χ0v) is 26.5. The van der Waals surface area contributed by atoms with Crippen molar-refractivity contribution in [1.29, 1.82) is 0 Å². The van der Waals surface area contributed by atoms with Crippen molar-refractivity contribution in [3.63, 3.8) is 0 Å². The van der Waals surface area contributed by atoms with E-state index in [2.05, 4.69) is 5.32 Å². The fourth-order valence-corrected chi connectivity index (χ4v) is 7.08. The summed E-state index contributed by atoms with van der Waals surface area (Å²) >= 11 is 13.0. The van der Waals surface area contributed by atoms with Crippen LogP contribution in [0.4, 0.5) is 5.69 Å². The topological polar surface area (TPSA) is 86.8 Å². The zero-order valence-electron chi connectivity index (χ0n) is 24.1. The molecule has 42 heavy (non-hydrogen) atoms. The maximum absolute atomic E-state index is 14.2. The van der Waals surface area contributed by atoms with Crippen LogP contribution in [-0.4, -0.2) is 43.8 Å². The van der Waals surface area contributed by atoms with Gasteiger partial charge in [0.25, 0.3) is 10.0 Å². The molecule has 4 rings (SSSR count). The third-order valence-electron chi connectivity index (χ3n) is 7.90. The van der Waals surface area contributed by atoms with Gasteiger partial charge in [-0.15, -0.1) is 0 Å². The van der Waals surface area contributed by atoms with Crippen molar-refractivity contribution in [3.05, 3.63) is 93.5 Å². The zero-order chi connectivity index (χ0) is 30.4. The van der Waals surface area contributed by atoms with E-state index in [1.165, 1.54) is 17.0 Å². The first-order valence-corrected chi connectivity index (χ1v) is 16.4. The largest absolute Gasteiger partial charge is 0.352 e. The number of hydrogen-bond donors (Lipinski definition) is 1. The van der Waals surface area contributed by atoms with Crippen LogP contribution in [0, 0.1) is 13.8 Å². The summed E-state index contributed by atoms with van der Waals surface area (Å²) in [5, 5.41) is 3.79. The third kappa shape index (κ3) is 7.46. The monoisotopic (exact) mass is 629 g/mol. The van der Waals surface area contributed by atoms with Gasteiger partial charge in [0.05, 0.1) is 10.6 Å². The molecule has 1 aliphatic rings. The molecule has 1 fully saturated rings. The number of aryl methyl sites for hydroxylation is 2. The molecule has 224 valence electrons. The molecule has 1 N–H and O–H groups in total. The lowest BCUT2D eigenvalue weighted by Crippen LogP contribution is -2.53. The number of amides is 2. The standard InChI is InChI=1S/C32H37Cl2N3O4S/c1-22-17-18-26(19-23(22)2)37(42(40,41)27-13-8-5-9-14-27)21-31(38)36(20-28-29(33)15-10-16-30(28)34)24(3)32(39)35-25-11-6-4-7-12-25/h5,8-10,13-19,24-25H,4,6-7,11-12,20-21H2,1-3H3,(H,35,39)/t24-/m0/s1. The number of benzene rings is 3. The van der Waals surface area contributed by atoms with E-state index >= 15 is 0 Å². The van der Waals surface area contributed by atoms with Gasteiger partial charge in [0, 0.05) is 28.2 Å². The number of anilines is 1. The van der Waals surface area contributed by atoms with E-state index in [9.17, 15) is 18.0 Å². The smallest absolute Gasteiger partial charge is 0.264 e. The summed E-state index contributed by atoms with van der Waals surface area (Å²) < 4.78 is 29.0. The first-order valence-electron chi connectivity index (χ1n) is 14.2. The van der Waals surface area contributed by atoms with Gasteiger partial charge >= 0.3 is 0 Å². The molecule has 10 heteroatoms. The Hall–Kier alpha value is -3.07. The SMILES string of the molecule is Cc1ccc(N(CC(=O)N(Cc2c(Cl)cccc2Cl)[C@@H](C)C(=O)NC2CCCCC2)S(=O)(=O)c2ccccc2)cc1C. The average Bonchev–Trinajstić information content (AvgIpc) is 2.97. The second-order valence-electron chi connectivity index (χ2n) is 10.8. The summed E-state index contributed by atoms with van der Waals surface area (Å²) in [5.74, 6) is -0.864. The molecule has 1 saturated carbocycles. The molecule has 3 aromatic rings. The normalized spacial score (nSPS) is 14.7. The van der Waals surface area contributed by atoms with Gasteiger partial charge in [0.1, 0.15) is 12.6 Å². The number of halogens is 2. The minimum atomic E-state index is -4.14. The Kier molecular flexibility index (Phi) is 10.6. The van der Waals surface area contributed by atoms with E-state index in [1.54, 1.807) is 55.5 Å². The Bertz CT molecular complexity index is 1510. The molecule has 0 saturated heterocycles. The Balaban J connectivity index is 1.72. The van der Waals surface area contributed by atoms with Crippen LogP contribution in [0.15, 0.2) is 71.6 Å². The molecule has 3 aromatic carbocycles. The maximum Gasteiger partial charge on any atom is 0.264 e. The number of sulfonamides is 1. The van der Waals surface area contributed by atoms with E-state index in [1.807, 2.05) is 19.9 Å². The lowest BCUT2D eigenvalue weighted by atomic mass is 9.95. The lowest BCUT2D eigenvalue weighted by Gasteiger charge is -2.33. The fourth-order valence-electron chi connectivity index (χ4n) is 5.13. The highest BCUT2D eigenvalue weighted by molar-refractivity contribution is 7.92. The summed E-state index contributed by atoms with van der Waals surface area (Å²) in [6.45, 7) is 4.87. The van der Waals surface area contributed by atoms with Crippen LogP contribution >= 0.6 is 23.2 Å². The van der Waals surface area contributed by atoms with Gasteiger partial charge in [0.15, 0.2) is 0 Å². The van der Waals surface area contributed by atoms with E-state index in [0.29, 0.717) is 21.3 Å². The molecule has 1 atom stereocenters. The Morgan fingerprint density at radius 2 is 1.55 bits per heavy atom. The summed E-state index contributed by atoms with van der Waals surface area (Å²) in [6, 6.07) is 17.4. The number of carbonyl (C=O) groups is 2. The first-order chi connectivity index (χ1) is 20.0. The van der Waals surface area contributed by atoms with E-state index in [4.69, 9.17) is 23.2 Å². The van der Waals surface area contributed by atoms with Crippen molar-refractivity contribution in [2.24, 2.45) is 0 Å². The van der Waals surface area contributed by atoms with Gasteiger partial charge in [-0.05, 0) is 81.1 Å². The van der Waals surface area contributed by atoms with Crippen LogP contribution in [-0.2, 0) is 26.2 Å². The molecule has 7 nitrogen and oxygen atoms in total. The molecule has 0 aromatic heterocycles. The fraction of sp³-hybridized carbons (Fsp3) is 0.375. The Morgan fingerprint density at radius 3 is 2.17 bits per heavy atom. The molecule has 0 bridgehead atoms. The average molecular weight is 631 g/mol. The number of nitrogens with one attached hydrogen (secondary N) is 1. The number of nitrogens with zero attached hydrogens (tertiary/aromatic N) is 2. The first kappa shape index (κ1) is 31.9. The van der Waals surface area contributed by atoms with Crippen molar-refractivity contribution >= 4 is 50.7 Å². The van der Waals surface area contributed by atoms with Crippen molar-refractivity contribution in [2.75, 3.05) is 10.8 Å². The van der Waals surface area contributed by atoms with Gasteiger partial charge < -0.3 is 10.2 Å². The quantitative estimate of drug-likeness (QED) is 0.271. The predicted molar refractivity (Wildman–Crippen MR) is 168 cm³/mol. The van der Waals surface area contributed by atoms with Gasteiger partial charge in [0.2, 0.25) is 11.8 Å². The number of rotatable bonds is 10. The minimum Gasteiger partial charge on any atom is -0.352 e. The molecule has 2 amide bonds. The van der Waals surface area contributed by atoms with Crippen molar-refractivity contribution < 1.29 is 18.0 Å². The van der Waals surface area contributed by atoms with E-state index in [-0.39, 0.29) is 23.4 Å². The maximum atomic E-state index is 14.2. The molecule has 0 unspecified atom stereocenters. The molecule has 0 radical (unpaired) electrons. The lowest BCUT2D eigenvalue weighted by molar-refractivity contribution is -0.139. The molecular weight excluding hydrogens is 593 g/mol. The van der Waals surface area contributed by atoms with Crippen LogP contribution in [0.5, 0.6) is 0 Å². The van der Waals surface area contributed by atoms with E-state index in [0.717, 1.165) is 47.5 Å². The summed E-state index contributed by atoms with van der Waals surface area (Å²) in [6.07, 6.45) is 5.00. The van der Waals surface area contributed by atoms with Gasteiger partial charge in [-0.1, -0.05) is 72.8 Å². The second kappa shape index (κ2) is 13.9. The summed E-state index contributed by atoms with van der Waals surface area (Å²) in [5.41, 5.74) is 2.71. The van der Waals surface area contributed by atoms with Gasteiger partial charge in [-0.3, -0.25) is 13.9 Å². The van der Waals surface area contributed by atoms with Crippen LogP contribution in [0.3, 0.4) is 0 Å².